The van der Waals surface area contributed by atoms with Crippen LogP contribution in [0.25, 0.3) is 0 Å². The smallest absolute Gasteiger partial charge is 0.267 e. The second kappa shape index (κ2) is 6.62. The lowest BCUT2D eigenvalue weighted by molar-refractivity contribution is -0.385. The van der Waals surface area contributed by atoms with E-state index in [1.807, 2.05) is 6.07 Å². The number of carbonyl (C=O) groups is 1. The van der Waals surface area contributed by atoms with Crippen LogP contribution >= 0.6 is 0 Å². The summed E-state index contributed by atoms with van der Waals surface area (Å²) < 4.78 is 0. The van der Waals surface area contributed by atoms with Crippen LogP contribution in [0.2, 0.25) is 0 Å². The van der Waals surface area contributed by atoms with Gasteiger partial charge in [-0.25, -0.2) is 5.43 Å². The van der Waals surface area contributed by atoms with Gasteiger partial charge in [-0.2, -0.15) is 5.10 Å². The van der Waals surface area contributed by atoms with Gasteiger partial charge in [0.05, 0.1) is 10.6 Å². The van der Waals surface area contributed by atoms with Crippen molar-refractivity contribution in [3.05, 3.63) is 75.3 Å². The summed E-state index contributed by atoms with van der Waals surface area (Å²) in [6.07, 6.45) is 0. The molecule has 0 radical (unpaired) electrons. The van der Waals surface area contributed by atoms with Gasteiger partial charge in [0, 0.05) is 22.8 Å². The van der Waals surface area contributed by atoms with Crippen molar-refractivity contribution in [3.63, 3.8) is 0 Å². The summed E-state index contributed by atoms with van der Waals surface area (Å²) in [5.41, 5.74) is 4.62. The van der Waals surface area contributed by atoms with Crippen molar-refractivity contribution in [2.45, 2.75) is 13.8 Å². The van der Waals surface area contributed by atoms with Crippen LogP contribution in [0, 0.1) is 17.0 Å². The van der Waals surface area contributed by atoms with E-state index < -0.39 is 4.92 Å². The molecular weight excluding hydrogens is 282 g/mol. The molecule has 0 bridgehead atoms. The number of nitrogens with one attached hydrogen (secondary N) is 1. The highest BCUT2D eigenvalue weighted by Crippen LogP contribution is 2.19. The Morgan fingerprint density at radius 2 is 1.82 bits per heavy atom. The van der Waals surface area contributed by atoms with Crippen molar-refractivity contribution < 1.29 is 9.72 Å². The van der Waals surface area contributed by atoms with Crippen molar-refractivity contribution in [1.29, 1.82) is 0 Å². The number of nitro benzene ring substituents is 1. The predicted octanol–water partition coefficient (Wildman–Crippen LogP) is 3.06. The number of hydrogen-bond acceptors (Lipinski definition) is 4. The topological polar surface area (TPSA) is 84.6 Å². The molecule has 1 N–H and O–H groups in total. The minimum atomic E-state index is -0.436. The van der Waals surface area contributed by atoms with E-state index in [1.54, 1.807) is 50.2 Å². The van der Waals surface area contributed by atoms with Gasteiger partial charge in [0.25, 0.3) is 11.6 Å². The average molecular weight is 297 g/mol. The van der Waals surface area contributed by atoms with Gasteiger partial charge in [-0.3, -0.25) is 14.9 Å². The molecule has 0 aromatic heterocycles. The Bertz CT molecular complexity index is 740. The number of nitro groups is 1. The first kappa shape index (κ1) is 15.4. The van der Waals surface area contributed by atoms with E-state index >= 15 is 0 Å². The maximum Gasteiger partial charge on any atom is 0.272 e. The van der Waals surface area contributed by atoms with E-state index in [4.69, 9.17) is 0 Å². The molecule has 2 rings (SSSR count). The normalized spacial score (nSPS) is 11.1. The molecule has 6 nitrogen and oxygen atoms in total. The van der Waals surface area contributed by atoms with Crippen LogP contribution in [0.3, 0.4) is 0 Å². The number of hydrazone groups is 1. The van der Waals surface area contributed by atoms with Crippen LogP contribution in [-0.4, -0.2) is 16.5 Å². The van der Waals surface area contributed by atoms with Gasteiger partial charge >= 0.3 is 0 Å². The molecule has 6 heteroatoms. The van der Waals surface area contributed by atoms with Crippen LogP contribution in [0.15, 0.2) is 53.6 Å². The lowest BCUT2D eigenvalue weighted by Gasteiger charge is -2.04. The molecule has 112 valence electrons. The van der Waals surface area contributed by atoms with E-state index in [9.17, 15) is 14.9 Å². The van der Waals surface area contributed by atoms with Crippen LogP contribution < -0.4 is 5.43 Å². The monoisotopic (exact) mass is 297 g/mol. The van der Waals surface area contributed by atoms with Gasteiger partial charge in [-0.05, 0) is 26.0 Å². The van der Waals surface area contributed by atoms with Crippen LogP contribution in [-0.2, 0) is 0 Å². The molecule has 0 heterocycles. The average Bonchev–Trinajstić information content (AvgIpc) is 2.53. The third-order valence-corrected chi connectivity index (χ3v) is 3.18. The molecule has 0 unspecified atom stereocenters. The Balaban J connectivity index is 2.18. The zero-order valence-electron chi connectivity index (χ0n) is 12.2. The summed E-state index contributed by atoms with van der Waals surface area (Å²) in [7, 11) is 0. The maximum atomic E-state index is 11.9. The fourth-order valence-electron chi connectivity index (χ4n) is 1.88. The van der Waals surface area contributed by atoms with E-state index in [1.165, 1.54) is 6.07 Å². The van der Waals surface area contributed by atoms with Gasteiger partial charge < -0.3 is 0 Å². The second-order valence-corrected chi connectivity index (χ2v) is 4.76. The van der Waals surface area contributed by atoms with Crippen molar-refractivity contribution in [1.82, 2.24) is 5.43 Å². The number of aryl methyl sites for hydroxylation is 1. The zero-order valence-corrected chi connectivity index (χ0v) is 12.2. The third kappa shape index (κ3) is 3.54. The first-order chi connectivity index (χ1) is 10.5. The molecule has 0 aliphatic rings. The zero-order chi connectivity index (χ0) is 16.1. The molecule has 2 aromatic rings. The molecule has 22 heavy (non-hydrogen) atoms. The van der Waals surface area contributed by atoms with Crippen molar-refractivity contribution in [3.8, 4) is 0 Å². The fraction of sp³-hybridized carbons (Fsp3) is 0.125. The standard InChI is InChI=1S/C16H15N3O3/c1-11-8-9-14(10-15(11)19(21)22)12(2)17-18-16(20)13-6-4-3-5-7-13/h3-10H,1-2H3,(H,18,20). The Hall–Kier alpha value is -3.02. The van der Waals surface area contributed by atoms with Gasteiger partial charge in [0.1, 0.15) is 0 Å². The highest BCUT2D eigenvalue weighted by molar-refractivity contribution is 6.01. The minimum Gasteiger partial charge on any atom is -0.267 e. The SMILES string of the molecule is CC(=NNC(=O)c1ccccc1)c1ccc(C)c([N+](=O)[O-])c1. The first-order valence-electron chi connectivity index (χ1n) is 6.64. The quantitative estimate of drug-likeness (QED) is 0.534. The van der Waals surface area contributed by atoms with Gasteiger partial charge in [-0.15, -0.1) is 0 Å². The lowest BCUT2D eigenvalue weighted by atomic mass is 10.1. The molecule has 0 aliphatic carbocycles. The Morgan fingerprint density at radius 3 is 2.45 bits per heavy atom. The summed E-state index contributed by atoms with van der Waals surface area (Å²) in [6.45, 7) is 3.35. The molecule has 0 saturated carbocycles. The summed E-state index contributed by atoms with van der Waals surface area (Å²) in [5, 5.41) is 14.9. The molecule has 0 aliphatic heterocycles. The lowest BCUT2D eigenvalue weighted by Crippen LogP contribution is -2.19. The number of nitrogens with zero attached hydrogens (tertiary/aromatic N) is 2. The highest BCUT2D eigenvalue weighted by Gasteiger charge is 2.12. The summed E-state index contributed by atoms with van der Waals surface area (Å²) in [4.78, 5) is 22.4. The van der Waals surface area contributed by atoms with Gasteiger partial charge in [0.2, 0.25) is 0 Å². The molecule has 0 fully saturated rings. The third-order valence-electron chi connectivity index (χ3n) is 3.18. The van der Waals surface area contributed by atoms with E-state index in [2.05, 4.69) is 10.5 Å². The maximum absolute atomic E-state index is 11.9. The summed E-state index contributed by atoms with van der Waals surface area (Å²) in [6, 6.07) is 13.5. The highest BCUT2D eigenvalue weighted by atomic mass is 16.6. The van der Waals surface area contributed by atoms with Crippen LogP contribution in [0.1, 0.15) is 28.4 Å². The number of rotatable bonds is 4. The van der Waals surface area contributed by atoms with Gasteiger partial charge in [0.15, 0.2) is 0 Å². The summed E-state index contributed by atoms with van der Waals surface area (Å²) >= 11 is 0. The largest absolute Gasteiger partial charge is 0.272 e. The summed E-state index contributed by atoms with van der Waals surface area (Å²) in [5.74, 6) is -0.332. The second-order valence-electron chi connectivity index (χ2n) is 4.76. The number of carbonyl (C=O) groups excluding carboxylic acids is 1. The molecule has 0 spiro atoms. The number of amides is 1. The predicted molar refractivity (Wildman–Crippen MR) is 84.0 cm³/mol. The molecular formula is C16H15N3O3. The molecule has 0 saturated heterocycles. The Labute approximate surface area is 127 Å². The van der Waals surface area contributed by atoms with Crippen molar-refractivity contribution in [2.24, 2.45) is 5.10 Å². The Morgan fingerprint density at radius 1 is 1.14 bits per heavy atom. The van der Waals surface area contributed by atoms with E-state index in [-0.39, 0.29) is 11.6 Å². The number of benzene rings is 2. The van der Waals surface area contributed by atoms with Crippen molar-refractivity contribution in [2.75, 3.05) is 0 Å². The molecule has 1 amide bonds. The van der Waals surface area contributed by atoms with Crippen LogP contribution in [0.4, 0.5) is 5.69 Å². The first-order valence-corrected chi connectivity index (χ1v) is 6.64. The van der Waals surface area contributed by atoms with Crippen molar-refractivity contribution >= 4 is 17.3 Å². The fourth-order valence-corrected chi connectivity index (χ4v) is 1.88. The molecule has 0 atom stereocenters. The Kier molecular flexibility index (Phi) is 4.63. The number of hydrogen-bond donors (Lipinski definition) is 1. The van der Waals surface area contributed by atoms with Gasteiger partial charge in [-0.1, -0.05) is 30.3 Å². The molecule has 2 aromatic carbocycles. The minimum absolute atomic E-state index is 0.0291. The van der Waals surface area contributed by atoms with Crippen LogP contribution in [0.5, 0.6) is 0 Å². The van der Waals surface area contributed by atoms with E-state index in [0.717, 1.165) is 0 Å². The van der Waals surface area contributed by atoms with E-state index in [0.29, 0.717) is 22.4 Å².